The van der Waals surface area contributed by atoms with E-state index in [-0.39, 0.29) is 0 Å². The van der Waals surface area contributed by atoms with Gasteiger partial charge in [0, 0.05) is 0 Å². The highest BCUT2D eigenvalue weighted by Crippen LogP contribution is 2.22. The lowest BCUT2D eigenvalue weighted by molar-refractivity contribution is 0.387. The number of hydrogen-bond donors (Lipinski definition) is 0. The van der Waals surface area contributed by atoms with Crippen molar-refractivity contribution in [2.24, 2.45) is 0 Å². The number of hydrogen-bond acceptors (Lipinski definition) is 8. The largest absolute Gasteiger partial charge is 0.497 e. The third-order valence-electron chi connectivity index (χ3n) is 2.65. The van der Waals surface area contributed by atoms with Crippen molar-refractivity contribution in [3.63, 3.8) is 0 Å². The lowest BCUT2D eigenvalue weighted by atomic mass is 10.3. The van der Waals surface area contributed by atoms with Gasteiger partial charge in [-0.05, 0) is 41.6 Å². The van der Waals surface area contributed by atoms with E-state index in [1.54, 1.807) is 18.7 Å². The highest BCUT2D eigenvalue weighted by molar-refractivity contribution is 7.98. The summed E-state index contributed by atoms with van der Waals surface area (Å²) in [5.41, 5.74) is 0.852. The van der Waals surface area contributed by atoms with Crippen molar-refractivity contribution in [1.29, 1.82) is 0 Å². The number of rotatable bonds is 5. The van der Waals surface area contributed by atoms with Crippen LogP contribution in [0.15, 0.2) is 33.9 Å². The Morgan fingerprint density at radius 3 is 2.76 bits per heavy atom. The van der Waals surface area contributed by atoms with E-state index >= 15 is 0 Å². The van der Waals surface area contributed by atoms with Crippen LogP contribution in [-0.4, -0.2) is 37.5 Å². The highest BCUT2D eigenvalue weighted by atomic mass is 32.2. The Kier molecular flexibility index (Phi) is 3.82. The molecule has 0 aliphatic carbocycles. The Morgan fingerprint density at radius 1 is 1.29 bits per heavy atom. The summed E-state index contributed by atoms with van der Waals surface area (Å²) in [7, 11) is 1.62. The molecule has 0 unspecified atom stereocenters. The molecular formula is C12H12N6O2S. The molecule has 9 heteroatoms. The fourth-order valence-electron chi connectivity index (χ4n) is 1.68. The first kappa shape index (κ1) is 13.6. The minimum Gasteiger partial charge on any atom is -0.497 e. The molecule has 0 aliphatic heterocycles. The Hall–Kier alpha value is -2.42. The molecule has 0 N–H and O–H groups in total. The summed E-state index contributed by atoms with van der Waals surface area (Å²) in [6.45, 7) is 1.78. The molecule has 0 amide bonds. The molecule has 3 rings (SSSR count). The van der Waals surface area contributed by atoms with Crippen LogP contribution in [0.5, 0.6) is 5.75 Å². The number of aromatic nitrogens is 6. The van der Waals surface area contributed by atoms with Gasteiger partial charge in [0.1, 0.15) is 5.75 Å². The molecule has 0 bridgehead atoms. The number of ether oxygens (including phenoxy) is 1. The average Bonchev–Trinajstić information content (AvgIpc) is 3.14. The number of methoxy groups -OCH3 is 1. The monoisotopic (exact) mass is 304 g/mol. The highest BCUT2D eigenvalue weighted by Gasteiger charge is 2.11. The van der Waals surface area contributed by atoms with Gasteiger partial charge in [0.05, 0.1) is 18.6 Å². The van der Waals surface area contributed by atoms with Crippen LogP contribution in [0.25, 0.3) is 5.69 Å². The molecule has 0 atom stereocenters. The topological polar surface area (TPSA) is 91.8 Å². The maximum absolute atomic E-state index is 5.13. The molecule has 0 saturated carbocycles. The number of benzene rings is 1. The van der Waals surface area contributed by atoms with Gasteiger partial charge in [-0.15, -0.1) is 5.10 Å². The van der Waals surface area contributed by atoms with Crippen molar-refractivity contribution in [3.8, 4) is 11.4 Å². The maximum atomic E-state index is 5.13. The van der Waals surface area contributed by atoms with Crippen LogP contribution in [-0.2, 0) is 5.75 Å². The number of nitrogens with zero attached hydrogens (tertiary/aromatic N) is 6. The second-order valence-corrected chi connectivity index (χ2v) is 5.04. The minimum atomic E-state index is 0.511. The summed E-state index contributed by atoms with van der Waals surface area (Å²) >= 11 is 1.42. The van der Waals surface area contributed by atoms with Gasteiger partial charge in [-0.25, -0.2) is 0 Å². The predicted molar refractivity (Wildman–Crippen MR) is 74.3 cm³/mol. The zero-order chi connectivity index (χ0) is 14.7. The van der Waals surface area contributed by atoms with Gasteiger partial charge in [0.25, 0.3) is 0 Å². The van der Waals surface area contributed by atoms with Gasteiger partial charge < -0.3 is 9.26 Å². The predicted octanol–water partition coefficient (Wildman–Crippen LogP) is 1.65. The van der Waals surface area contributed by atoms with Crippen LogP contribution < -0.4 is 4.74 Å². The second-order valence-electron chi connectivity index (χ2n) is 4.10. The molecule has 0 fully saturated rings. The third-order valence-corrected chi connectivity index (χ3v) is 3.56. The number of aryl methyl sites for hydroxylation is 1. The standard InChI is InChI=1S/C12H12N6O2S/c1-8-13-11(20-15-8)7-21-12-14-16-17-18(12)9-3-5-10(19-2)6-4-9/h3-6H,7H2,1-2H3. The lowest BCUT2D eigenvalue weighted by Crippen LogP contribution is -1.99. The molecule has 3 aromatic rings. The van der Waals surface area contributed by atoms with Crippen molar-refractivity contribution < 1.29 is 9.26 Å². The minimum absolute atomic E-state index is 0.511. The molecule has 1 aromatic carbocycles. The average molecular weight is 304 g/mol. The summed E-state index contributed by atoms with van der Waals surface area (Å²) in [5.74, 6) is 2.45. The number of thioether (sulfide) groups is 1. The summed E-state index contributed by atoms with van der Waals surface area (Å²) in [4.78, 5) is 4.14. The van der Waals surface area contributed by atoms with E-state index in [1.165, 1.54) is 11.8 Å². The first-order chi connectivity index (χ1) is 10.3. The van der Waals surface area contributed by atoms with E-state index in [1.807, 2.05) is 24.3 Å². The van der Waals surface area contributed by atoms with E-state index < -0.39 is 0 Å². The van der Waals surface area contributed by atoms with Crippen LogP contribution in [0.3, 0.4) is 0 Å². The molecule has 8 nitrogen and oxygen atoms in total. The van der Waals surface area contributed by atoms with E-state index in [2.05, 4.69) is 25.7 Å². The summed E-state index contributed by atoms with van der Waals surface area (Å²) < 4.78 is 11.8. The quantitative estimate of drug-likeness (QED) is 0.657. The van der Waals surface area contributed by atoms with Gasteiger partial charge in [-0.1, -0.05) is 16.9 Å². The smallest absolute Gasteiger partial charge is 0.237 e. The molecule has 21 heavy (non-hydrogen) atoms. The van der Waals surface area contributed by atoms with Gasteiger partial charge in [0.15, 0.2) is 5.82 Å². The Balaban J connectivity index is 1.76. The van der Waals surface area contributed by atoms with Gasteiger partial charge in [0.2, 0.25) is 11.0 Å². The van der Waals surface area contributed by atoms with Crippen molar-refractivity contribution in [1.82, 2.24) is 30.3 Å². The van der Waals surface area contributed by atoms with Crippen molar-refractivity contribution in [2.75, 3.05) is 7.11 Å². The van der Waals surface area contributed by atoms with Crippen LogP contribution in [0, 0.1) is 6.92 Å². The zero-order valence-corrected chi connectivity index (χ0v) is 12.2. The molecule has 2 heterocycles. The molecule has 0 saturated heterocycles. The summed E-state index contributed by atoms with van der Waals surface area (Å²) in [6.07, 6.45) is 0. The summed E-state index contributed by atoms with van der Waals surface area (Å²) in [6, 6.07) is 7.48. The first-order valence-corrected chi connectivity index (χ1v) is 7.09. The Bertz CT molecular complexity index is 723. The van der Waals surface area contributed by atoms with Crippen LogP contribution in [0.2, 0.25) is 0 Å². The van der Waals surface area contributed by atoms with E-state index in [4.69, 9.17) is 9.26 Å². The van der Waals surface area contributed by atoms with Gasteiger partial charge >= 0.3 is 0 Å². The fraction of sp³-hybridized carbons (Fsp3) is 0.250. The molecule has 2 aromatic heterocycles. The van der Waals surface area contributed by atoms with Crippen molar-refractivity contribution in [2.45, 2.75) is 17.8 Å². The zero-order valence-electron chi connectivity index (χ0n) is 11.4. The van der Waals surface area contributed by atoms with Gasteiger partial charge in [-0.2, -0.15) is 9.67 Å². The normalized spacial score (nSPS) is 10.8. The van der Waals surface area contributed by atoms with Gasteiger partial charge in [-0.3, -0.25) is 0 Å². The molecule has 108 valence electrons. The van der Waals surface area contributed by atoms with Crippen molar-refractivity contribution >= 4 is 11.8 Å². The second kappa shape index (κ2) is 5.92. The van der Waals surface area contributed by atoms with E-state index in [0.29, 0.717) is 22.6 Å². The Morgan fingerprint density at radius 2 is 2.10 bits per heavy atom. The lowest BCUT2D eigenvalue weighted by Gasteiger charge is -2.04. The summed E-state index contributed by atoms with van der Waals surface area (Å²) in [5, 5.41) is 16.1. The fourth-order valence-corrected chi connectivity index (χ4v) is 2.41. The van der Waals surface area contributed by atoms with Crippen LogP contribution in [0.1, 0.15) is 11.7 Å². The van der Waals surface area contributed by atoms with E-state index in [0.717, 1.165) is 11.4 Å². The molecule has 0 spiro atoms. The SMILES string of the molecule is COc1ccc(-n2nnnc2SCc2nc(C)no2)cc1. The molecule has 0 aliphatic rings. The Labute approximate surface area is 124 Å². The first-order valence-electron chi connectivity index (χ1n) is 6.11. The molecule has 0 radical (unpaired) electrons. The van der Waals surface area contributed by atoms with Crippen LogP contribution in [0.4, 0.5) is 0 Å². The maximum Gasteiger partial charge on any atom is 0.237 e. The third kappa shape index (κ3) is 3.02. The van der Waals surface area contributed by atoms with Crippen LogP contribution >= 0.6 is 11.8 Å². The van der Waals surface area contributed by atoms with Crippen molar-refractivity contribution in [3.05, 3.63) is 36.0 Å². The molecular weight excluding hydrogens is 292 g/mol. The number of tetrazole rings is 1. The van der Waals surface area contributed by atoms with E-state index in [9.17, 15) is 0 Å².